The molecule has 2 saturated heterocycles. The van der Waals surface area contributed by atoms with E-state index in [0.29, 0.717) is 18.8 Å². The second-order valence-corrected chi connectivity index (χ2v) is 8.86. The van der Waals surface area contributed by atoms with Crippen LogP contribution in [0.5, 0.6) is 5.75 Å². The van der Waals surface area contributed by atoms with Crippen LogP contribution in [0.2, 0.25) is 5.02 Å². The summed E-state index contributed by atoms with van der Waals surface area (Å²) in [6, 6.07) is 9.57. The number of hydrogen-bond acceptors (Lipinski definition) is 6. The molecule has 2 fully saturated rings. The molecule has 0 atom stereocenters. The van der Waals surface area contributed by atoms with Crippen LogP contribution in [0.4, 0.5) is 0 Å². The third-order valence-corrected chi connectivity index (χ3v) is 6.50. The van der Waals surface area contributed by atoms with Gasteiger partial charge in [0.1, 0.15) is 0 Å². The summed E-state index contributed by atoms with van der Waals surface area (Å²) in [5, 5.41) is 11.3. The lowest BCUT2D eigenvalue weighted by Crippen LogP contribution is -2.45. The summed E-state index contributed by atoms with van der Waals surface area (Å²) in [7, 11) is 1.94. The van der Waals surface area contributed by atoms with Crippen LogP contribution >= 0.6 is 11.6 Å². The van der Waals surface area contributed by atoms with E-state index in [2.05, 4.69) is 20.8 Å². The quantitative estimate of drug-likeness (QED) is 0.731. The Hall–Kier alpha value is -1.90. The highest BCUT2D eigenvalue weighted by molar-refractivity contribution is 6.30. The summed E-state index contributed by atoms with van der Waals surface area (Å²) in [5.41, 5.74) is 2.55. The van der Waals surface area contributed by atoms with E-state index in [-0.39, 0.29) is 11.2 Å². The summed E-state index contributed by atoms with van der Waals surface area (Å²) in [6.07, 6.45) is 0. The van der Waals surface area contributed by atoms with E-state index in [1.165, 1.54) is 5.56 Å². The largest absolute Gasteiger partial charge is 0.503 e. The summed E-state index contributed by atoms with van der Waals surface area (Å²) in [6.45, 7) is 8.96. The molecule has 0 saturated carbocycles. The van der Waals surface area contributed by atoms with Crippen molar-refractivity contribution < 1.29 is 9.84 Å². The average molecular weight is 447 g/mol. The summed E-state index contributed by atoms with van der Waals surface area (Å²) >= 11 is 6.11. The van der Waals surface area contributed by atoms with Crippen molar-refractivity contribution in [3.8, 4) is 5.75 Å². The highest BCUT2D eigenvalue weighted by Gasteiger charge is 2.22. The number of pyridine rings is 1. The van der Waals surface area contributed by atoms with Gasteiger partial charge in [0.15, 0.2) is 5.75 Å². The zero-order chi connectivity index (χ0) is 21.8. The van der Waals surface area contributed by atoms with Crippen molar-refractivity contribution in [2.45, 2.75) is 19.6 Å². The molecule has 0 radical (unpaired) electrons. The third kappa shape index (κ3) is 5.67. The number of rotatable bonds is 6. The van der Waals surface area contributed by atoms with Crippen LogP contribution in [0.15, 0.2) is 35.1 Å². The van der Waals surface area contributed by atoms with E-state index < -0.39 is 0 Å². The van der Waals surface area contributed by atoms with Crippen molar-refractivity contribution in [2.24, 2.45) is 7.05 Å². The Morgan fingerprint density at radius 2 is 1.58 bits per heavy atom. The maximum absolute atomic E-state index is 12.4. The van der Waals surface area contributed by atoms with Gasteiger partial charge in [-0.05, 0) is 17.7 Å². The van der Waals surface area contributed by atoms with Gasteiger partial charge in [0.05, 0.1) is 18.9 Å². The topological polar surface area (TPSA) is 61.2 Å². The Balaban J connectivity index is 1.39. The zero-order valence-electron chi connectivity index (χ0n) is 18.1. The van der Waals surface area contributed by atoms with Gasteiger partial charge in [-0.3, -0.25) is 19.5 Å². The summed E-state index contributed by atoms with van der Waals surface area (Å²) < 4.78 is 7.41. The first-order valence-corrected chi connectivity index (χ1v) is 11.3. The van der Waals surface area contributed by atoms with Crippen molar-refractivity contribution >= 4 is 11.6 Å². The molecule has 1 N–H and O–H groups in total. The second kappa shape index (κ2) is 10.1. The first-order chi connectivity index (χ1) is 15.0. The predicted molar refractivity (Wildman–Crippen MR) is 121 cm³/mol. The fourth-order valence-electron chi connectivity index (χ4n) is 4.32. The molecule has 0 aliphatic carbocycles. The number of piperazine rings is 1. The van der Waals surface area contributed by atoms with Gasteiger partial charge in [0.2, 0.25) is 5.43 Å². The molecule has 0 spiro atoms. The Labute approximate surface area is 188 Å². The van der Waals surface area contributed by atoms with Crippen LogP contribution in [0.25, 0.3) is 0 Å². The molecule has 1 aromatic carbocycles. The Kier molecular flexibility index (Phi) is 7.30. The molecule has 2 aliphatic rings. The van der Waals surface area contributed by atoms with Crippen molar-refractivity contribution in [2.75, 3.05) is 52.5 Å². The van der Waals surface area contributed by atoms with Crippen LogP contribution in [0, 0.1) is 0 Å². The number of morpholine rings is 1. The molecule has 2 aromatic rings. The van der Waals surface area contributed by atoms with Gasteiger partial charge in [-0.1, -0.05) is 23.7 Å². The number of ether oxygens (including phenoxy) is 1. The summed E-state index contributed by atoms with van der Waals surface area (Å²) in [4.78, 5) is 19.4. The van der Waals surface area contributed by atoms with E-state index in [0.717, 1.165) is 69.7 Å². The van der Waals surface area contributed by atoms with E-state index >= 15 is 0 Å². The molecule has 168 valence electrons. The molecule has 0 bridgehead atoms. The maximum Gasteiger partial charge on any atom is 0.223 e. The van der Waals surface area contributed by atoms with Gasteiger partial charge in [-0.2, -0.15) is 0 Å². The van der Waals surface area contributed by atoms with E-state index in [1.807, 2.05) is 29.8 Å². The standard InChI is InChI=1S/C23H31ClN4O3/c1-25-20(16-28-9-11-31-12-10-28)14-22(29)23(30)21(25)17-27-7-5-26(6-8-27)15-18-3-2-4-19(24)13-18/h2-4,13-14,30H,5-12,15-17H2,1H3. The van der Waals surface area contributed by atoms with E-state index in [1.54, 1.807) is 6.07 Å². The first kappa shape index (κ1) is 22.3. The SMILES string of the molecule is Cn1c(CN2CCOCC2)cc(=O)c(O)c1CN1CCN(Cc2cccc(Cl)c2)CC1. The Morgan fingerprint density at radius 3 is 2.26 bits per heavy atom. The molecule has 4 rings (SSSR count). The number of hydrogen-bond donors (Lipinski definition) is 1. The lowest BCUT2D eigenvalue weighted by atomic mass is 10.2. The maximum atomic E-state index is 12.4. The number of aromatic nitrogens is 1. The molecule has 8 heteroatoms. The minimum Gasteiger partial charge on any atom is -0.503 e. The number of nitrogens with zero attached hydrogens (tertiary/aromatic N) is 4. The van der Waals surface area contributed by atoms with Crippen LogP contribution in [0.1, 0.15) is 17.0 Å². The van der Waals surface area contributed by atoms with Gasteiger partial charge in [0.25, 0.3) is 0 Å². The number of halogens is 1. The van der Waals surface area contributed by atoms with Crippen LogP contribution in [-0.4, -0.2) is 76.9 Å². The lowest BCUT2D eigenvalue weighted by Gasteiger charge is -2.35. The highest BCUT2D eigenvalue weighted by Crippen LogP contribution is 2.19. The molecular formula is C23H31ClN4O3. The second-order valence-electron chi connectivity index (χ2n) is 8.42. The minimum atomic E-state index is -0.295. The monoisotopic (exact) mass is 446 g/mol. The van der Waals surface area contributed by atoms with Crippen LogP contribution in [0.3, 0.4) is 0 Å². The van der Waals surface area contributed by atoms with E-state index in [9.17, 15) is 9.90 Å². The van der Waals surface area contributed by atoms with E-state index in [4.69, 9.17) is 16.3 Å². The highest BCUT2D eigenvalue weighted by atomic mass is 35.5. The van der Waals surface area contributed by atoms with Gasteiger partial charge < -0.3 is 14.4 Å². The van der Waals surface area contributed by atoms with Crippen LogP contribution in [-0.2, 0) is 31.4 Å². The average Bonchev–Trinajstić information content (AvgIpc) is 2.77. The molecule has 7 nitrogen and oxygen atoms in total. The molecular weight excluding hydrogens is 416 g/mol. The van der Waals surface area contributed by atoms with Gasteiger partial charge in [-0.25, -0.2) is 0 Å². The lowest BCUT2D eigenvalue weighted by molar-refractivity contribution is 0.0330. The molecule has 1 aromatic heterocycles. The zero-order valence-corrected chi connectivity index (χ0v) is 18.9. The normalized spacial score (nSPS) is 19.0. The van der Waals surface area contributed by atoms with Crippen molar-refractivity contribution in [1.29, 1.82) is 0 Å². The van der Waals surface area contributed by atoms with Gasteiger partial charge in [-0.15, -0.1) is 0 Å². The number of benzene rings is 1. The Morgan fingerprint density at radius 1 is 0.935 bits per heavy atom. The third-order valence-electron chi connectivity index (χ3n) is 6.26. The van der Waals surface area contributed by atoms with Crippen molar-refractivity contribution in [3.05, 3.63) is 62.5 Å². The molecule has 2 aliphatic heterocycles. The Bertz CT molecular complexity index is 950. The van der Waals surface area contributed by atoms with Crippen molar-refractivity contribution in [3.63, 3.8) is 0 Å². The minimum absolute atomic E-state index is 0.130. The molecule has 0 unspecified atom stereocenters. The molecule has 0 amide bonds. The molecule has 31 heavy (non-hydrogen) atoms. The fourth-order valence-corrected chi connectivity index (χ4v) is 4.54. The van der Waals surface area contributed by atoms with Gasteiger partial charge in [0, 0.05) is 82.7 Å². The molecule has 3 heterocycles. The summed E-state index contributed by atoms with van der Waals surface area (Å²) in [5.74, 6) is -0.130. The first-order valence-electron chi connectivity index (χ1n) is 10.9. The fraction of sp³-hybridized carbons (Fsp3) is 0.522. The van der Waals surface area contributed by atoms with Crippen LogP contribution < -0.4 is 5.43 Å². The predicted octanol–water partition coefficient (Wildman–Crippen LogP) is 1.89. The number of aromatic hydroxyl groups is 1. The van der Waals surface area contributed by atoms with Gasteiger partial charge >= 0.3 is 0 Å². The smallest absolute Gasteiger partial charge is 0.223 e. The van der Waals surface area contributed by atoms with Crippen molar-refractivity contribution in [1.82, 2.24) is 19.3 Å².